The molecule has 4 nitrogen and oxygen atoms in total. The highest BCUT2D eigenvalue weighted by Crippen LogP contribution is 2.09. The van der Waals surface area contributed by atoms with Gasteiger partial charge in [0, 0.05) is 19.6 Å². The monoisotopic (exact) mass is 320 g/mol. The Morgan fingerprint density at radius 3 is 2.74 bits per heavy atom. The van der Waals surface area contributed by atoms with E-state index in [4.69, 9.17) is 14.2 Å². The third-order valence-electron chi connectivity index (χ3n) is 3.30. The van der Waals surface area contributed by atoms with E-state index in [0.29, 0.717) is 39.3 Å². The molecule has 128 valence electrons. The van der Waals surface area contributed by atoms with Crippen LogP contribution in [-0.4, -0.2) is 31.9 Å². The molecule has 1 rings (SSSR count). The van der Waals surface area contributed by atoms with E-state index in [1.807, 2.05) is 43.3 Å². The van der Waals surface area contributed by atoms with E-state index in [0.717, 1.165) is 12.8 Å². The van der Waals surface area contributed by atoms with E-state index < -0.39 is 0 Å². The number of carbonyl (C=O) groups is 1. The average molecular weight is 320 g/mol. The van der Waals surface area contributed by atoms with E-state index in [-0.39, 0.29) is 12.1 Å². The maximum Gasteiger partial charge on any atom is 0.305 e. The Balaban J connectivity index is 2.10. The van der Waals surface area contributed by atoms with Crippen LogP contribution in [-0.2, 0) is 25.6 Å². The summed E-state index contributed by atoms with van der Waals surface area (Å²) in [6.07, 6.45) is 4.46. The van der Waals surface area contributed by atoms with Gasteiger partial charge in [-0.3, -0.25) is 4.79 Å². The zero-order valence-electron chi connectivity index (χ0n) is 14.0. The van der Waals surface area contributed by atoms with Crippen LogP contribution in [0.5, 0.6) is 0 Å². The number of esters is 1. The van der Waals surface area contributed by atoms with Crippen LogP contribution in [0.1, 0.15) is 38.2 Å². The second kappa shape index (κ2) is 12.9. The fraction of sp³-hybridized carbons (Fsp3) is 0.526. The molecule has 0 bridgehead atoms. The average Bonchev–Trinajstić information content (AvgIpc) is 2.57. The molecule has 4 heteroatoms. The minimum absolute atomic E-state index is 0.0195. The molecule has 1 aromatic rings. The molecule has 1 atom stereocenters. The van der Waals surface area contributed by atoms with Gasteiger partial charge in [-0.15, -0.1) is 6.58 Å². The summed E-state index contributed by atoms with van der Waals surface area (Å²) in [4.78, 5) is 11.4. The van der Waals surface area contributed by atoms with Crippen molar-refractivity contribution in [3.63, 3.8) is 0 Å². The number of rotatable bonds is 13. The van der Waals surface area contributed by atoms with Crippen molar-refractivity contribution >= 4 is 5.97 Å². The summed E-state index contributed by atoms with van der Waals surface area (Å²) < 4.78 is 16.4. The molecule has 0 fully saturated rings. The highest BCUT2D eigenvalue weighted by atomic mass is 16.5. The Hall–Kier alpha value is -1.65. The Morgan fingerprint density at radius 2 is 2.04 bits per heavy atom. The number of carbonyl (C=O) groups excluding carboxylic acids is 1. The van der Waals surface area contributed by atoms with E-state index in [2.05, 4.69) is 6.58 Å². The van der Waals surface area contributed by atoms with Gasteiger partial charge in [0.1, 0.15) is 0 Å². The summed E-state index contributed by atoms with van der Waals surface area (Å²) in [6, 6.07) is 10.1. The van der Waals surface area contributed by atoms with Crippen molar-refractivity contribution in [1.82, 2.24) is 0 Å². The maximum atomic E-state index is 11.4. The minimum Gasteiger partial charge on any atom is -0.466 e. The fourth-order valence-corrected chi connectivity index (χ4v) is 2.14. The first kappa shape index (κ1) is 19.4. The van der Waals surface area contributed by atoms with Crippen molar-refractivity contribution in [2.45, 2.75) is 45.3 Å². The van der Waals surface area contributed by atoms with Gasteiger partial charge < -0.3 is 14.2 Å². The number of benzene rings is 1. The van der Waals surface area contributed by atoms with Gasteiger partial charge in [-0.2, -0.15) is 0 Å². The Labute approximate surface area is 139 Å². The molecule has 0 aliphatic rings. The van der Waals surface area contributed by atoms with E-state index in [1.165, 1.54) is 5.56 Å². The molecule has 1 unspecified atom stereocenters. The molecular weight excluding hydrogens is 292 g/mol. The van der Waals surface area contributed by atoms with Crippen LogP contribution in [0.25, 0.3) is 0 Å². The summed E-state index contributed by atoms with van der Waals surface area (Å²) in [5.74, 6) is -0.170. The standard InChI is InChI=1S/C19H28O4/c1-3-9-18(12-13-19(20)22-4-2)23-15-8-14-21-16-17-10-6-5-7-11-17/h3,5-7,10-11,18H,1,4,8-9,12-16H2,2H3. The lowest BCUT2D eigenvalue weighted by Gasteiger charge is -2.16. The van der Waals surface area contributed by atoms with Crippen molar-refractivity contribution in [3.8, 4) is 0 Å². The zero-order chi connectivity index (χ0) is 16.8. The molecule has 0 aromatic heterocycles. The summed E-state index contributed by atoms with van der Waals surface area (Å²) in [7, 11) is 0. The van der Waals surface area contributed by atoms with Crippen LogP contribution >= 0.6 is 0 Å². The Kier molecular flexibility index (Phi) is 10.8. The van der Waals surface area contributed by atoms with Crippen LogP contribution in [0.15, 0.2) is 43.0 Å². The second-order valence-corrected chi connectivity index (χ2v) is 5.25. The van der Waals surface area contributed by atoms with Crippen LogP contribution in [0, 0.1) is 0 Å². The predicted molar refractivity (Wildman–Crippen MR) is 91.1 cm³/mol. The number of hydrogen-bond donors (Lipinski definition) is 0. The summed E-state index contributed by atoms with van der Waals surface area (Å²) in [5, 5.41) is 0. The summed E-state index contributed by atoms with van der Waals surface area (Å²) >= 11 is 0. The smallest absolute Gasteiger partial charge is 0.305 e. The second-order valence-electron chi connectivity index (χ2n) is 5.25. The molecule has 0 aliphatic carbocycles. The van der Waals surface area contributed by atoms with Crippen LogP contribution in [0.3, 0.4) is 0 Å². The van der Waals surface area contributed by atoms with Crippen LogP contribution in [0.4, 0.5) is 0 Å². The molecule has 0 N–H and O–H groups in total. The van der Waals surface area contributed by atoms with Gasteiger partial charge in [-0.05, 0) is 31.7 Å². The minimum atomic E-state index is -0.170. The molecule has 0 spiro atoms. The molecule has 0 saturated carbocycles. The predicted octanol–water partition coefficient (Wildman–Crippen LogP) is 3.90. The highest BCUT2D eigenvalue weighted by molar-refractivity contribution is 5.69. The maximum absolute atomic E-state index is 11.4. The third-order valence-corrected chi connectivity index (χ3v) is 3.30. The lowest BCUT2D eigenvalue weighted by atomic mass is 10.1. The van der Waals surface area contributed by atoms with Crippen molar-refractivity contribution in [2.75, 3.05) is 19.8 Å². The van der Waals surface area contributed by atoms with Gasteiger partial charge in [0.15, 0.2) is 0 Å². The third kappa shape index (κ3) is 9.87. The van der Waals surface area contributed by atoms with Crippen molar-refractivity contribution in [1.29, 1.82) is 0 Å². The van der Waals surface area contributed by atoms with E-state index >= 15 is 0 Å². The number of ether oxygens (including phenoxy) is 3. The molecule has 0 radical (unpaired) electrons. The normalized spacial score (nSPS) is 11.9. The highest BCUT2D eigenvalue weighted by Gasteiger charge is 2.11. The summed E-state index contributed by atoms with van der Waals surface area (Å²) in [5.41, 5.74) is 1.17. The quantitative estimate of drug-likeness (QED) is 0.314. The molecular formula is C19H28O4. The van der Waals surface area contributed by atoms with Crippen molar-refractivity contribution in [3.05, 3.63) is 48.6 Å². The first-order valence-corrected chi connectivity index (χ1v) is 8.26. The van der Waals surface area contributed by atoms with Gasteiger partial charge in [0.05, 0.1) is 19.3 Å². The van der Waals surface area contributed by atoms with Gasteiger partial charge in [0.25, 0.3) is 0 Å². The van der Waals surface area contributed by atoms with Gasteiger partial charge in [-0.25, -0.2) is 0 Å². The van der Waals surface area contributed by atoms with Gasteiger partial charge in [0.2, 0.25) is 0 Å². The van der Waals surface area contributed by atoms with Gasteiger partial charge in [-0.1, -0.05) is 36.4 Å². The van der Waals surface area contributed by atoms with Gasteiger partial charge >= 0.3 is 5.97 Å². The fourth-order valence-electron chi connectivity index (χ4n) is 2.14. The van der Waals surface area contributed by atoms with E-state index in [9.17, 15) is 4.79 Å². The topological polar surface area (TPSA) is 44.8 Å². The molecule has 1 aromatic carbocycles. The van der Waals surface area contributed by atoms with Crippen molar-refractivity contribution in [2.24, 2.45) is 0 Å². The molecule has 0 amide bonds. The van der Waals surface area contributed by atoms with E-state index in [1.54, 1.807) is 0 Å². The van der Waals surface area contributed by atoms with Crippen molar-refractivity contribution < 1.29 is 19.0 Å². The lowest BCUT2D eigenvalue weighted by Crippen LogP contribution is -2.16. The Bertz CT molecular complexity index is 430. The zero-order valence-corrected chi connectivity index (χ0v) is 14.0. The largest absolute Gasteiger partial charge is 0.466 e. The molecule has 0 aliphatic heterocycles. The first-order chi connectivity index (χ1) is 11.3. The SMILES string of the molecule is C=CCC(CCC(=O)OCC)OCCCOCc1ccccc1. The molecule has 0 saturated heterocycles. The summed E-state index contributed by atoms with van der Waals surface area (Å²) in [6.45, 7) is 7.87. The Morgan fingerprint density at radius 1 is 1.26 bits per heavy atom. The molecule has 0 heterocycles. The van der Waals surface area contributed by atoms with Crippen LogP contribution < -0.4 is 0 Å². The molecule has 23 heavy (non-hydrogen) atoms. The van der Waals surface area contributed by atoms with Crippen LogP contribution in [0.2, 0.25) is 0 Å². The first-order valence-electron chi connectivity index (χ1n) is 8.26. The lowest BCUT2D eigenvalue weighted by molar-refractivity contribution is -0.144. The number of hydrogen-bond acceptors (Lipinski definition) is 4.